The lowest BCUT2D eigenvalue weighted by molar-refractivity contribution is 0.0927. The van der Waals surface area contributed by atoms with Crippen LogP contribution in [-0.4, -0.2) is 34.7 Å². The number of nitrogens with zero attached hydrogens (tertiary/aromatic N) is 2. The molecule has 0 radical (unpaired) electrons. The smallest absolute Gasteiger partial charge is 0.261 e. The summed E-state index contributed by atoms with van der Waals surface area (Å²) in [5.74, 6) is -1.30. The number of amides is 2. The van der Waals surface area contributed by atoms with Crippen molar-refractivity contribution in [2.75, 3.05) is 13.1 Å². The summed E-state index contributed by atoms with van der Waals surface area (Å²) in [6.45, 7) is 4.50. The molecule has 0 fully saturated rings. The van der Waals surface area contributed by atoms with Crippen LogP contribution in [0.5, 0.6) is 0 Å². The van der Waals surface area contributed by atoms with Crippen molar-refractivity contribution in [3.63, 3.8) is 0 Å². The lowest BCUT2D eigenvalue weighted by Gasteiger charge is -2.07. The molecule has 4 rings (SSSR count). The SMILES string of the molecule is CCc1nn(-c2ccc(C)cc2)c2sc(C(=O)NCCNC(=O)c3ccccc3F)cc12. The number of thiophene rings is 1. The van der Waals surface area contributed by atoms with Crippen LogP contribution in [0.3, 0.4) is 0 Å². The summed E-state index contributed by atoms with van der Waals surface area (Å²) in [7, 11) is 0. The van der Waals surface area contributed by atoms with Crippen molar-refractivity contribution in [2.24, 2.45) is 0 Å². The molecule has 32 heavy (non-hydrogen) atoms. The van der Waals surface area contributed by atoms with Gasteiger partial charge in [-0.25, -0.2) is 9.07 Å². The van der Waals surface area contributed by atoms with Crippen LogP contribution >= 0.6 is 11.3 Å². The highest BCUT2D eigenvalue weighted by atomic mass is 32.1. The zero-order valence-corrected chi connectivity index (χ0v) is 18.6. The number of carbonyl (C=O) groups excluding carboxylic acids is 2. The molecule has 0 aliphatic heterocycles. The van der Waals surface area contributed by atoms with Gasteiger partial charge < -0.3 is 10.6 Å². The highest BCUT2D eigenvalue weighted by Gasteiger charge is 2.18. The molecule has 2 aromatic carbocycles. The number of aromatic nitrogens is 2. The van der Waals surface area contributed by atoms with Crippen LogP contribution in [-0.2, 0) is 6.42 Å². The predicted octanol–water partition coefficient (Wildman–Crippen LogP) is 4.26. The number of benzene rings is 2. The third-order valence-electron chi connectivity index (χ3n) is 5.09. The fraction of sp³-hybridized carbons (Fsp3) is 0.208. The Balaban J connectivity index is 1.43. The van der Waals surface area contributed by atoms with Crippen LogP contribution in [0.4, 0.5) is 4.39 Å². The van der Waals surface area contributed by atoms with Crippen LogP contribution < -0.4 is 10.6 Å². The third kappa shape index (κ3) is 4.40. The summed E-state index contributed by atoms with van der Waals surface area (Å²) in [5, 5.41) is 11.1. The largest absolute Gasteiger partial charge is 0.350 e. The standard InChI is InChI=1S/C24H23FN4O2S/c1-3-20-18-14-21(32-24(18)29(28-20)16-10-8-15(2)9-11-16)23(31)27-13-12-26-22(30)17-6-4-5-7-19(17)25/h4-11,14H,3,12-13H2,1-2H3,(H,26,30)(H,27,31). The molecule has 0 saturated carbocycles. The Morgan fingerprint density at radius 2 is 1.72 bits per heavy atom. The zero-order chi connectivity index (χ0) is 22.7. The minimum atomic E-state index is -0.575. The second kappa shape index (κ2) is 9.32. The summed E-state index contributed by atoms with van der Waals surface area (Å²) >= 11 is 1.38. The van der Waals surface area contributed by atoms with Gasteiger partial charge in [0.25, 0.3) is 11.8 Å². The summed E-state index contributed by atoms with van der Waals surface area (Å²) in [6.07, 6.45) is 0.759. The van der Waals surface area contributed by atoms with Crippen LogP contribution in [0.25, 0.3) is 15.9 Å². The van der Waals surface area contributed by atoms with Crippen molar-refractivity contribution < 1.29 is 14.0 Å². The molecule has 2 heterocycles. The van der Waals surface area contributed by atoms with Gasteiger partial charge in [-0.3, -0.25) is 9.59 Å². The molecule has 0 spiro atoms. The van der Waals surface area contributed by atoms with Gasteiger partial charge >= 0.3 is 0 Å². The van der Waals surface area contributed by atoms with E-state index in [2.05, 4.69) is 10.6 Å². The number of rotatable bonds is 7. The number of hydrogen-bond acceptors (Lipinski definition) is 4. The molecule has 0 unspecified atom stereocenters. The lowest BCUT2D eigenvalue weighted by Crippen LogP contribution is -2.34. The Bertz CT molecular complexity index is 1280. The quantitative estimate of drug-likeness (QED) is 0.413. The summed E-state index contributed by atoms with van der Waals surface area (Å²) < 4.78 is 15.5. The summed E-state index contributed by atoms with van der Waals surface area (Å²) in [4.78, 5) is 26.2. The molecule has 164 valence electrons. The second-order valence-corrected chi connectivity index (χ2v) is 8.40. The summed E-state index contributed by atoms with van der Waals surface area (Å²) in [5.41, 5.74) is 3.04. The van der Waals surface area contributed by atoms with Gasteiger partial charge in [-0.2, -0.15) is 5.10 Å². The van der Waals surface area contributed by atoms with E-state index in [1.165, 1.54) is 35.1 Å². The highest BCUT2D eigenvalue weighted by Crippen LogP contribution is 2.31. The maximum absolute atomic E-state index is 13.7. The van der Waals surface area contributed by atoms with E-state index in [0.29, 0.717) is 4.88 Å². The highest BCUT2D eigenvalue weighted by molar-refractivity contribution is 7.20. The first-order valence-corrected chi connectivity index (χ1v) is 11.2. The number of hydrogen-bond donors (Lipinski definition) is 2. The van der Waals surface area contributed by atoms with Crippen molar-refractivity contribution in [2.45, 2.75) is 20.3 Å². The first-order chi connectivity index (χ1) is 15.5. The molecule has 2 amide bonds. The van der Waals surface area contributed by atoms with Crippen molar-refractivity contribution in [3.05, 3.63) is 82.1 Å². The molecule has 0 aliphatic carbocycles. The van der Waals surface area contributed by atoms with E-state index in [-0.39, 0.29) is 24.6 Å². The topological polar surface area (TPSA) is 76.0 Å². The average molecular weight is 451 g/mol. The molecule has 2 N–H and O–H groups in total. The number of aryl methyl sites for hydroxylation is 2. The maximum Gasteiger partial charge on any atom is 0.261 e. The number of carbonyl (C=O) groups is 2. The second-order valence-electron chi connectivity index (χ2n) is 7.37. The van der Waals surface area contributed by atoms with Gasteiger partial charge in [0.05, 0.1) is 21.8 Å². The van der Waals surface area contributed by atoms with Crippen molar-refractivity contribution >= 4 is 33.4 Å². The molecule has 0 bridgehead atoms. The fourth-order valence-electron chi connectivity index (χ4n) is 3.38. The van der Waals surface area contributed by atoms with E-state index in [0.717, 1.165) is 28.0 Å². The Hall–Kier alpha value is -3.52. The molecular formula is C24H23FN4O2S. The predicted molar refractivity (Wildman–Crippen MR) is 124 cm³/mol. The van der Waals surface area contributed by atoms with Crippen molar-refractivity contribution in [1.29, 1.82) is 0 Å². The van der Waals surface area contributed by atoms with Gasteiger partial charge in [0, 0.05) is 18.5 Å². The summed E-state index contributed by atoms with van der Waals surface area (Å²) in [6, 6.07) is 15.7. The number of nitrogens with one attached hydrogen (secondary N) is 2. The van der Waals surface area contributed by atoms with Gasteiger partial charge in [0.15, 0.2) is 0 Å². The van der Waals surface area contributed by atoms with Crippen molar-refractivity contribution in [3.8, 4) is 5.69 Å². The Morgan fingerprint density at radius 3 is 2.41 bits per heavy atom. The minimum Gasteiger partial charge on any atom is -0.350 e. The average Bonchev–Trinajstić information content (AvgIpc) is 3.37. The zero-order valence-electron chi connectivity index (χ0n) is 17.8. The Kier molecular flexibility index (Phi) is 6.32. The fourth-order valence-corrected chi connectivity index (χ4v) is 4.45. The van der Waals surface area contributed by atoms with Gasteiger partial charge in [0.2, 0.25) is 0 Å². The lowest BCUT2D eigenvalue weighted by atomic mass is 10.2. The first-order valence-electron chi connectivity index (χ1n) is 10.4. The van der Waals surface area contributed by atoms with Crippen LogP contribution in [0.2, 0.25) is 0 Å². The molecule has 0 saturated heterocycles. The monoisotopic (exact) mass is 450 g/mol. The van der Waals surface area contributed by atoms with Crippen molar-refractivity contribution in [1.82, 2.24) is 20.4 Å². The van der Waals surface area contributed by atoms with E-state index in [1.54, 1.807) is 6.07 Å². The molecule has 0 aliphatic rings. The normalized spacial score (nSPS) is 11.0. The number of fused-ring (bicyclic) bond motifs is 1. The Morgan fingerprint density at radius 1 is 1.03 bits per heavy atom. The van der Waals surface area contributed by atoms with E-state index < -0.39 is 11.7 Å². The van der Waals surface area contributed by atoms with Gasteiger partial charge in [-0.15, -0.1) is 11.3 Å². The van der Waals surface area contributed by atoms with E-state index in [4.69, 9.17) is 5.10 Å². The van der Waals surface area contributed by atoms with Gasteiger partial charge in [-0.05, 0) is 43.7 Å². The van der Waals surface area contributed by atoms with Gasteiger partial charge in [-0.1, -0.05) is 36.8 Å². The molecule has 8 heteroatoms. The minimum absolute atomic E-state index is 0.0175. The molecular weight excluding hydrogens is 427 g/mol. The molecule has 4 aromatic rings. The van der Waals surface area contributed by atoms with Gasteiger partial charge in [0.1, 0.15) is 10.6 Å². The Labute approximate surface area is 189 Å². The first kappa shape index (κ1) is 21.7. The van der Waals surface area contributed by atoms with Crippen LogP contribution in [0, 0.1) is 12.7 Å². The molecule has 2 aromatic heterocycles. The van der Waals surface area contributed by atoms with Crippen LogP contribution in [0.15, 0.2) is 54.6 Å². The van der Waals surface area contributed by atoms with Crippen LogP contribution in [0.1, 0.15) is 38.2 Å². The van der Waals surface area contributed by atoms with E-state index in [1.807, 2.05) is 48.9 Å². The molecule has 6 nitrogen and oxygen atoms in total. The van der Waals surface area contributed by atoms with E-state index in [9.17, 15) is 14.0 Å². The molecule has 0 atom stereocenters. The third-order valence-corrected chi connectivity index (χ3v) is 6.20. The maximum atomic E-state index is 13.7. The van der Waals surface area contributed by atoms with E-state index >= 15 is 0 Å². The number of halogens is 1.